The van der Waals surface area contributed by atoms with Crippen LogP contribution in [0.2, 0.25) is 0 Å². The molecular formula is C27H31N5O2. The van der Waals surface area contributed by atoms with Gasteiger partial charge >= 0.3 is 0 Å². The molecule has 1 atom stereocenters. The van der Waals surface area contributed by atoms with Crippen molar-refractivity contribution in [1.82, 2.24) is 9.97 Å². The highest BCUT2D eigenvalue weighted by Crippen LogP contribution is 2.33. The zero-order chi connectivity index (χ0) is 24.2. The van der Waals surface area contributed by atoms with Crippen LogP contribution < -0.4 is 15.5 Å². The van der Waals surface area contributed by atoms with Crippen molar-refractivity contribution in [3.63, 3.8) is 0 Å². The van der Waals surface area contributed by atoms with Gasteiger partial charge < -0.3 is 15.5 Å². The second kappa shape index (κ2) is 10.0. The van der Waals surface area contributed by atoms with Gasteiger partial charge in [0.25, 0.3) is 0 Å². The molecule has 7 nitrogen and oxygen atoms in total. The summed E-state index contributed by atoms with van der Waals surface area (Å²) in [6.07, 6.45) is 1.89. The molecule has 2 aromatic carbocycles. The maximum Gasteiger partial charge on any atom is 0.229 e. The predicted octanol–water partition coefficient (Wildman–Crippen LogP) is 4.95. The Bertz CT molecular complexity index is 1180. The largest absolute Gasteiger partial charge is 0.326 e. The number of carbonyl (C=O) groups excluding carboxylic acids is 2. The van der Waals surface area contributed by atoms with Crippen LogP contribution in [0.1, 0.15) is 42.8 Å². The Labute approximate surface area is 200 Å². The standard InChI is InChI=1S/C27H31N5O2/c1-5-19-9-7-10-20(6-2)25(19)32-16-21(14-24(32)33)26(34)30-22-11-8-12-23(15-22)31-27-28-17(3)13-18(4)29-27/h7-13,15,21H,5-6,14,16H2,1-4H3,(H,30,34)(H,28,29,31). The number of para-hydroxylation sites is 1. The summed E-state index contributed by atoms with van der Waals surface area (Å²) in [5.41, 5.74) is 6.45. The van der Waals surface area contributed by atoms with Crippen LogP contribution in [-0.2, 0) is 22.4 Å². The molecule has 0 aliphatic carbocycles. The van der Waals surface area contributed by atoms with Crippen LogP contribution in [0.5, 0.6) is 0 Å². The maximum absolute atomic E-state index is 13.1. The van der Waals surface area contributed by atoms with Crippen molar-refractivity contribution in [2.45, 2.75) is 47.0 Å². The molecule has 1 aromatic heterocycles. The fraction of sp³-hybridized carbons (Fsp3) is 0.333. The average molecular weight is 458 g/mol. The van der Waals surface area contributed by atoms with Crippen molar-refractivity contribution in [3.8, 4) is 0 Å². The number of anilines is 4. The molecule has 0 radical (unpaired) electrons. The van der Waals surface area contributed by atoms with Crippen LogP contribution >= 0.6 is 0 Å². The number of aromatic nitrogens is 2. The molecular weight excluding hydrogens is 426 g/mol. The molecule has 0 saturated carbocycles. The lowest BCUT2D eigenvalue weighted by atomic mass is 10.0. The molecule has 0 spiro atoms. The summed E-state index contributed by atoms with van der Waals surface area (Å²) < 4.78 is 0. The molecule has 1 saturated heterocycles. The van der Waals surface area contributed by atoms with Crippen molar-refractivity contribution in [2.24, 2.45) is 5.92 Å². The van der Waals surface area contributed by atoms with Gasteiger partial charge in [-0.3, -0.25) is 9.59 Å². The number of aryl methyl sites for hydroxylation is 4. The van der Waals surface area contributed by atoms with Crippen molar-refractivity contribution >= 4 is 34.8 Å². The second-order valence-corrected chi connectivity index (χ2v) is 8.71. The van der Waals surface area contributed by atoms with E-state index in [1.54, 1.807) is 4.90 Å². The van der Waals surface area contributed by atoms with Gasteiger partial charge in [-0.05, 0) is 62.1 Å². The first-order chi connectivity index (χ1) is 16.4. The van der Waals surface area contributed by atoms with Crippen LogP contribution in [0.3, 0.4) is 0 Å². The number of carbonyl (C=O) groups is 2. The normalized spacial score (nSPS) is 15.5. The molecule has 2 heterocycles. The highest BCUT2D eigenvalue weighted by atomic mass is 16.2. The van der Waals surface area contributed by atoms with E-state index in [4.69, 9.17) is 0 Å². The van der Waals surface area contributed by atoms with Crippen molar-refractivity contribution in [3.05, 3.63) is 71.0 Å². The molecule has 1 aliphatic heterocycles. The third-order valence-electron chi connectivity index (χ3n) is 6.10. The van der Waals surface area contributed by atoms with E-state index in [1.165, 1.54) is 0 Å². The zero-order valence-corrected chi connectivity index (χ0v) is 20.2. The third-order valence-corrected chi connectivity index (χ3v) is 6.10. The van der Waals surface area contributed by atoms with Crippen molar-refractivity contribution in [1.29, 1.82) is 0 Å². The van der Waals surface area contributed by atoms with Crippen LogP contribution in [0, 0.1) is 19.8 Å². The minimum Gasteiger partial charge on any atom is -0.326 e. The number of rotatable bonds is 7. The molecule has 1 aliphatic rings. The van der Waals surface area contributed by atoms with E-state index in [9.17, 15) is 9.59 Å². The molecule has 4 rings (SSSR count). The zero-order valence-electron chi connectivity index (χ0n) is 20.2. The number of benzene rings is 2. The number of amides is 2. The van der Waals surface area contributed by atoms with Gasteiger partial charge in [0.15, 0.2) is 0 Å². The smallest absolute Gasteiger partial charge is 0.229 e. The maximum atomic E-state index is 13.1. The third kappa shape index (κ3) is 5.09. The minimum absolute atomic E-state index is 0.00173. The van der Waals surface area contributed by atoms with E-state index in [1.807, 2.05) is 50.2 Å². The number of hydrogen-bond donors (Lipinski definition) is 2. The summed E-state index contributed by atoms with van der Waals surface area (Å²) in [5.74, 6) is -0.0402. The van der Waals surface area contributed by atoms with Gasteiger partial charge in [-0.1, -0.05) is 38.1 Å². The molecule has 0 bridgehead atoms. The summed E-state index contributed by atoms with van der Waals surface area (Å²) in [4.78, 5) is 36.6. The fourth-order valence-electron chi connectivity index (χ4n) is 4.49. The van der Waals surface area contributed by atoms with Crippen molar-refractivity contribution < 1.29 is 9.59 Å². The van der Waals surface area contributed by atoms with Gasteiger partial charge in [0.1, 0.15) is 0 Å². The van der Waals surface area contributed by atoms with Crippen molar-refractivity contribution in [2.75, 3.05) is 22.1 Å². The highest BCUT2D eigenvalue weighted by molar-refractivity contribution is 6.04. The average Bonchev–Trinajstić information content (AvgIpc) is 3.19. The van der Waals surface area contributed by atoms with Crippen LogP contribution in [0.4, 0.5) is 23.0 Å². The quantitative estimate of drug-likeness (QED) is 0.524. The molecule has 2 amide bonds. The van der Waals surface area contributed by atoms with Gasteiger partial charge in [0.05, 0.1) is 5.92 Å². The van der Waals surface area contributed by atoms with Crippen LogP contribution in [-0.4, -0.2) is 28.3 Å². The van der Waals surface area contributed by atoms with Gasteiger partial charge in [-0.25, -0.2) is 9.97 Å². The van der Waals surface area contributed by atoms with E-state index in [-0.39, 0.29) is 18.2 Å². The first-order valence-corrected chi connectivity index (χ1v) is 11.8. The first kappa shape index (κ1) is 23.4. The van der Waals surface area contributed by atoms with E-state index in [0.717, 1.165) is 46.7 Å². The van der Waals surface area contributed by atoms with Crippen LogP contribution in [0.25, 0.3) is 0 Å². The van der Waals surface area contributed by atoms with Gasteiger partial charge in [-0.15, -0.1) is 0 Å². The number of hydrogen-bond acceptors (Lipinski definition) is 5. The molecule has 176 valence electrons. The lowest BCUT2D eigenvalue weighted by Crippen LogP contribution is -2.29. The Morgan fingerprint density at radius 2 is 1.59 bits per heavy atom. The van der Waals surface area contributed by atoms with Gasteiger partial charge in [0, 0.05) is 41.4 Å². The SMILES string of the molecule is CCc1cccc(CC)c1N1CC(C(=O)Nc2cccc(Nc3nc(C)cc(C)n3)c2)CC1=O. The molecule has 1 unspecified atom stereocenters. The van der Waals surface area contributed by atoms with E-state index >= 15 is 0 Å². The topological polar surface area (TPSA) is 87.2 Å². The Balaban J connectivity index is 1.47. The van der Waals surface area contributed by atoms with E-state index < -0.39 is 5.92 Å². The number of nitrogens with one attached hydrogen (secondary N) is 2. The van der Waals surface area contributed by atoms with Gasteiger partial charge in [0.2, 0.25) is 17.8 Å². The Kier molecular flexibility index (Phi) is 6.91. The Morgan fingerprint density at radius 1 is 0.971 bits per heavy atom. The lowest BCUT2D eigenvalue weighted by molar-refractivity contribution is -0.122. The molecule has 2 N–H and O–H groups in total. The predicted molar refractivity (Wildman–Crippen MR) is 136 cm³/mol. The van der Waals surface area contributed by atoms with E-state index in [2.05, 4.69) is 46.6 Å². The molecule has 7 heteroatoms. The lowest BCUT2D eigenvalue weighted by Gasteiger charge is -2.23. The van der Waals surface area contributed by atoms with E-state index in [0.29, 0.717) is 18.2 Å². The summed E-state index contributed by atoms with van der Waals surface area (Å²) in [6, 6.07) is 15.5. The molecule has 3 aromatic rings. The van der Waals surface area contributed by atoms with Crippen LogP contribution in [0.15, 0.2) is 48.5 Å². The first-order valence-electron chi connectivity index (χ1n) is 11.8. The van der Waals surface area contributed by atoms with Gasteiger partial charge in [-0.2, -0.15) is 0 Å². The number of nitrogens with zero attached hydrogens (tertiary/aromatic N) is 3. The summed E-state index contributed by atoms with van der Waals surface area (Å²) >= 11 is 0. The highest BCUT2D eigenvalue weighted by Gasteiger charge is 2.36. The monoisotopic (exact) mass is 457 g/mol. The fourth-order valence-corrected chi connectivity index (χ4v) is 4.49. The second-order valence-electron chi connectivity index (χ2n) is 8.71. The summed E-state index contributed by atoms with van der Waals surface area (Å²) in [5, 5.41) is 6.18. The molecule has 1 fully saturated rings. The minimum atomic E-state index is -0.401. The Hall–Kier alpha value is -3.74. The summed E-state index contributed by atoms with van der Waals surface area (Å²) in [6.45, 7) is 8.42. The molecule has 34 heavy (non-hydrogen) atoms. The Morgan fingerprint density at radius 3 is 2.24 bits per heavy atom. The summed E-state index contributed by atoms with van der Waals surface area (Å²) in [7, 11) is 0.